The molecule has 0 unspecified atom stereocenters. The predicted molar refractivity (Wildman–Crippen MR) is 178 cm³/mol. The number of aromatic nitrogens is 1. The Morgan fingerprint density at radius 3 is 2.28 bits per heavy atom. The zero-order valence-corrected chi connectivity index (χ0v) is 25.6. The van der Waals surface area contributed by atoms with Gasteiger partial charge >= 0.3 is 0 Å². The van der Waals surface area contributed by atoms with Gasteiger partial charge in [-0.2, -0.15) is 0 Å². The first-order valence-electron chi connectivity index (χ1n) is 14.7. The largest absolute Gasteiger partial charge is 0.337 e. The number of benzene rings is 3. The molecule has 6 rings (SSSR count). The topological polar surface area (TPSA) is 75.5 Å². The Morgan fingerprint density at radius 2 is 1.58 bits per heavy atom. The van der Waals surface area contributed by atoms with E-state index in [1.54, 1.807) is 11.3 Å². The normalized spacial score (nSPS) is 15.0. The molecule has 7 heteroatoms. The lowest BCUT2D eigenvalue weighted by atomic mass is 9.72. The Morgan fingerprint density at radius 1 is 0.930 bits per heavy atom. The fourth-order valence-electron chi connectivity index (χ4n) is 5.86. The number of hydrogen-bond donors (Lipinski definition) is 2. The molecule has 5 aromatic rings. The number of fused-ring (bicyclic) bond motifs is 2. The first-order chi connectivity index (χ1) is 20.8. The number of thiophene rings is 1. The highest BCUT2D eigenvalue weighted by Gasteiger charge is 2.33. The Labute approximate surface area is 256 Å². The van der Waals surface area contributed by atoms with Gasteiger partial charge in [0.15, 0.2) is 0 Å². The van der Waals surface area contributed by atoms with Gasteiger partial charge in [-0.05, 0) is 66.5 Å². The van der Waals surface area contributed by atoms with Crippen LogP contribution in [0.3, 0.4) is 0 Å². The Hall–Kier alpha value is -4.49. The zero-order chi connectivity index (χ0) is 30.0. The maximum absolute atomic E-state index is 13.7. The summed E-state index contributed by atoms with van der Waals surface area (Å²) in [6.07, 6.45) is 6.69. The highest BCUT2D eigenvalue weighted by Crippen LogP contribution is 2.45. The van der Waals surface area contributed by atoms with E-state index in [0.717, 1.165) is 57.7 Å². The second-order valence-corrected chi connectivity index (χ2v) is 13.3. The van der Waals surface area contributed by atoms with E-state index in [9.17, 15) is 9.59 Å². The summed E-state index contributed by atoms with van der Waals surface area (Å²) in [5.41, 5.74) is 5.39. The summed E-state index contributed by atoms with van der Waals surface area (Å²) >= 11 is 1.63. The van der Waals surface area contributed by atoms with Crippen molar-refractivity contribution in [2.24, 2.45) is 16.3 Å². The number of carbonyl (C=O) groups excluding carboxylic acids is 2. The third kappa shape index (κ3) is 6.32. The van der Waals surface area contributed by atoms with E-state index in [1.165, 1.54) is 4.88 Å². The summed E-state index contributed by atoms with van der Waals surface area (Å²) in [6, 6.07) is 27.1. The molecule has 2 N–H and O–H groups in total. The molecule has 0 spiro atoms. The number of hydrogen-bond acceptors (Lipinski definition) is 4. The quantitative estimate of drug-likeness (QED) is 0.187. The maximum Gasteiger partial charge on any atom is 0.259 e. The van der Waals surface area contributed by atoms with Crippen LogP contribution < -0.4 is 10.6 Å². The number of anilines is 2. The van der Waals surface area contributed by atoms with Crippen LogP contribution in [0.25, 0.3) is 10.9 Å². The average Bonchev–Trinajstić information content (AvgIpc) is 3.54. The van der Waals surface area contributed by atoms with Crippen molar-refractivity contribution in [1.82, 2.24) is 4.57 Å². The molecule has 2 amide bonds. The van der Waals surface area contributed by atoms with Crippen LogP contribution in [0, 0.1) is 11.3 Å². The van der Waals surface area contributed by atoms with Crippen molar-refractivity contribution >= 4 is 56.6 Å². The fraction of sp³-hybridized carbons (Fsp3) is 0.250. The smallest absolute Gasteiger partial charge is 0.259 e. The summed E-state index contributed by atoms with van der Waals surface area (Å²) < 4.78 is 1.95. The van der Waals surface area contributed by atoms with E-state index < -0.39 is 0 Å². The molecule has 0 fully saturated rings. The minimum absolute atomic E-state index is 0.102. The van der Waals surface area contributed by atoms with Gasteiger partial charge < -0.3 is 15.2 Å². The van der Waals surface area contributed by atoms with Crippen LogP contribution in [-0.2, 0) is 24.2 Å². The molecule has 1 aliphatic carbocycles. The number of nitrogens with one attached hydrogen (secondary N) is 2. The molecule has 43 heavy (non-hydrogen) atoms. The van der Waals surface area contributed by atoms with Crippen molar-refractivity contribution in [3.8, 4) is 0 Å². The van der Waals surface area contributed by atoms with E-state index in [1.807, 2.05) is 102 Å². The lowest BCUT2D eigenvalue weighted by Gasteiger charge is -2.33. The first-order valence-corrected chi connectivity index (χ1v) is 15.6. The number of rotatable bonds is 7. The summed E-state index contributed by atoms with van der Waals surface area (Å²) in [4.78, 5) is 32.8. The van der Waals surface area contributed by atoms with Gasteiger partial charge in [0.2, 0.25) is 5.91 Å². The number of carbonyl (C=O) groups is 2. The van der Waals surface area contributed by atoms with Crippen molar-refractivity contribution in [3.05, 3.63) is 113 Å². The van der Waals surface area contributed by atoms with E-state index >= 15 is 0 Å². The molecule has 0 saturated carbocycles. The molecule has 6 nitrogen and oxygen atoms in total. The fourth-order valence-corrected chi connectivity index (χ4v) is 7.13. The lowest BCUT2D eigenvalue weighted by Crippen LogP contribution is -2.27. The highest BCUT2D eigenvalue weighted by molar-refractivity contribution is 7.16. The van der Waals surface area contributed by atoms with Gasteiger partial charge in [0.1, 0.15) is 11.5 Å². The van der Waals surface area contributed by atoms with Crippen molar-refractivity contribution < 1.29 is 9.59 Å². The zero-order valence-electron chi connectivity index (χ0n) is 24.8. The second-order valence-electron chi connectivity index (χ2n) is 12.2. The van der Waals surface area contributed by atoms with Crippen molar-refractivity contribution in [1.29, 1.82) is 0 Å². The summed E-state index contributed by atoms with van der Waals surface area (Å²) in [6.45, 7) is 7.08. The van der Waals surface area contributed by atoms with Crippen molar-refractivity contribution in [2.75, 3.05) is 10.6 Å². The summed E-state index contributed by atoms with van der Waals surface area (Å²) in [5.74, 6) is 0.334. The standard InChI is InChI=1S/C36H36N4O2S/c1-36(2,3)25-18-19-29-31(20-25)43-35(33(29)34(42)39-27-14-8-5-9-15-27)37-21-24-22-40(30-17-11-10-16-28(24)30)23-32(41)38-26-12-6-4-7-13-26/h4-17,21-22,25H,18-20,23H2,1-3H3,(H,38,41)(H,39,42)/t25-/m0/s1. The first kappa shape index (κ1) is 28.6. The molecule has 0 radical (unpaired) electrons. The van der Waals surface area contributed by atoms with Gasteiger partial charge in [0.25, 0.3) is 5.91 Å². The molecule has 0 bridgehead atoms. The Balaban J connectivity index is 1.33. The van der Waals surface area contributed by atoms with Crippen LogP contribution in [0.5, 0.6) is 0 Å². The molecule has 1 atom stereocenters. The van der Waals surface area contributed by atoms with Gasteiger partial charge in [-0.3, -0.25) is 9.59 Å². The SMILES string of the molecule is CC(C)(C)[C@H]1CCc2c(sc(N=Cc3cn(CC(=O)Nc4ccccc4)c4ccccc34)c2C(=O)Nc2ccccc2)C1. The summed E-state index contributed by atoms with van der Waals surface area (Å²) in [7, 11) is 0. The van der Waals surface area contributed by atoms with Crippen LogP contribution in [0.4, 0.5) is 16.4 Å². The van der Waals surface area contributed by atoms with E-state index in [-0.39, 0.29) is 23.8 Å². The molecule has 0 aliphatic heterocycles. The third-order valence-corrected chi connectivity index (χ3v) is 9.40. The molecule has 2 aromatic heterocycles. The van der Waals surface area contributed by atoms with E-state index in [4.69, 9.17) is 4.99 Å². The number of amides is 2. The molecular formula is C36H36N4O2S. The van der Waals surface area contributed by atoms with Crippen molar-refractivity contribution in [2.45, 2.75) is 46.6 Å². The molecule has 218 valence electrons. The maximum atomic E-state index is 13.7. The lowest BCUT2D eigenvalue weighted by molar-refractivity contribution is -0.116. The van der Waals surface area contributed by atoms with Crippen LogP contribution >= 0.6 is 11.3 Å². The molecule has 0 saturated heterocycles. The highest BCUT2D eigenvalue weighted by atomic mass is 32.1. The van der Waals surface area contributed by atoms with Gasteiger partial charge in [-0.1, -0.05) is 75.4 Å². The van der Waals surface area contributed by atoms with Crippen LogP contribution in [0.15, 0.2) is 96.1 Å². The number of aliphatic imine (C=N–C) groups is 1. The van der Waals surface area contributed by atoms with Crippen LogP contribution in [0.1, 0.15) is 53.6 Å². The predicted octanol–water partition coefficient (Wildman–Crippen LogP) is 8.50. The van der Waals surface area contributed by atoms with Crippen LogP contribution in [0.2, 0.25) is 0 Å². The molecule has 1 aliphatic rings. The van der Waals surface area contributed by atoms with Crippen molar-refractivity contribution in [3.63, 3.8) is 0 Å². The van der Waals surface area contributed by atoms with Crippen LogP contribution in [-0.4, -0.2) is 22.6 Å². The number of para-hydroxylation sites is 3. The van der Waals surface area contributed by atoms with E-state index in [2.05, 4.69) is 31.4 Å². The molecule has 2 heterocycles. The van der Waals surface area contributed by atoms with E-state index in [0.29, 0.717) is 11.5 Å². The van der Waals surface area contributed by atoms with Gasteiger partial charge in [-0.15, -0.1) is 11.3 Å². The Bertz CT molecular complexity index is 1800. The monoisotopic (exact) mass is 588 g/mol. The van der Waals surface area contributed by atoms with Gasteiger partial charge in [0.05, 0.1) is 5.56 Å². The third-order valence-electron chi connectivity index (χ3n) is 8.24. The minimum Gasteiger partial charge on any atom is -0.337 e. The molecular weight excluding hydrogens is 552 g/mol. The van der Waals surface area contributed by atoms with Gasteiger partial charge in [0, 0.05) is 45.1 Å². The summed E-state index contributed by atoms with van der Waals surface area (Å²) in [5, 5.41) is 7.79. The minimum atomic E-state index is -0.120. The number of nitrogens with zero attached hydrogens (tertiary/aromatic N) is 2. The second kappa shape index (κ2) is 12.0. The van der Waals surface area contributed by atoms with Gasteiger partial charge in [-0.25, -0.2) is 4.99 Å². The average molecular weight is 589 g/mol. The molecule has 3 aromatic carbocycles. The Kier molecular flexibility index (Phi) is 8.00.